The van der Waals surface area contributed by atoms with E-state index in [1.807, 2.05) is 43.1 Å². The lowest BCUT2D eigenvalue weighted by atomic mass is 10.2. The van der Waals surface area contributed by atoms with Gasteiger partial charge in [0.2, 0.25) is 5.91 Å². The van der Waals surface area contributed by atoms with Gasteiger partial charge in [0.1, 0.15) is 6.61 Å². The lowest BCUT2D eigenvalue weighted by Crippen LogP contribution is -2.46. The van der Waals surface area contributed by atoms with E-state index in [2.05, 4.69) is 4.90 Å². The van der Waals surface area contributed by atoms with Gasteiger partial charge in [-0.2, -0.15) is 11.8 Å². The molecule has 1 atom stereocenters. The SMILES string of the molecule is CN(CC1COc2ccccc2O1)C(=O)CN1CCSCC1. The molecule has 5 nitrogen and oxygen atoms in total. The Morgan fingerprint density at radius 3 is 2.82 bits per heavy atom. The second-order valence-corrected chi connectivity index (χ2v) is 6.89. The number of carbonyl (C=O) groups is 1. The fourth-order valence-corrected chi connectivity index (χ4v) is 3.61. The molecule has 0 bridgehead atoms. The molecule has 120 valence electrons. The minimum atomic E-state index is -0.110. The highest BCUT2D eigenvalue weighted by Crippen LogP contribution is 2.30. The van der Waals surface area contributed by atoms with Crippen LogP contribution in [0, 0.1) is 0 Å². The summed E-state index contributed by atoms with van der Waals surface area (Å²) in [7, 11) is 1.84. The van der Waals surface area contributed by atoms with Gasteiger partial charge in [-0.25, -0.2) is 0 Å². The molecule has 0 radical (unpaired) electrons. The highest BCUT2D eigenvalue weighted by atomic mass is 32.2. The molecular formula is C16H22N2O3S. The Morgan fingerprint density at radius 2 is 2.05 bits per heavy atom. The molecule has 22 heavy (non-hydrogen) atoms. The first-order valence-corrected chi connectivity index (χ1v) is 8.80. The Balaban J connectivity index is 1.49. The van der Waals surface area contributed by atoms with Crippen molar-refractivity contribution in [2.45, 2.75) is 6.10 Å². The van der Waals surface area contributed by atoms with Gasteiger partial charge in [0, 0.05) is 31.6 Å². The number of thioether (sulfide) groups is 1. The predicted octanol–water partition coefficient (Wildman–Crippen LogP) is 1.33. The van der Waals surface area contributed by atoms with Gasteiger partial charge in [-0.15, -0.1) is 0 Å². The van der Waals surface area contributed by atoms with Crippen LogP contribution in [0.3, 0.4) is 0 Å². The van der Waals surface area contributed by atoms with Crippen molar-refractivity contribution in [3.05, 3.63) is 24.3 Å². The van der Waals surface area contributed by atoms with Gasteiger partial charge in [-0.1, -0.05) is 12.1 Å². The first kappa shape index (κ1) is 15.5. The molecule has 0 saturated carbocycles. The van der Waals surface area contributed by atoms with Gasteiger partial charge in [0.15, 0.2) is 17.6 Å². The Kier molecular flexibility index (Phi) is 5.10. The molecule has 2 aliphatic rings. The standard InChI is InChI=1S/C16H22N2O3S/c1-17(16(19)11-18-6-8-22-9-7-18)10-13-12-20-14-4-2-3-5-15(14)21-13/h2-5,13H,6-12H2,1H3. The van der Waals surface area contributed by atoms with E-state index in [1.54, 1.807) is 4.90 Å². The summed E-state index contributed by atoms with van der Waals surface area (Å²) in [6, 6.07) is 7.65. The molecule has 0 spiro atoms. The molecule has 1 saturated heterocycles. The zero-order valence-electron chi connectivity index (χ0n) is 12.9. The first-order valence-electron chi connectivity index (χ1n) is 7.65. The molecule has 1 unspecified atom stereocenters. The molecule has 6 heteroatoms. The number of hydrogen-bond donors (Lipinski definition) is 0. The van der Waals surface area contributed by atoms with Crippen LogP contribution in [0.2, 0.25) is 0 Å². The van der Waals surface area contributed by atoms with Crippen LogP contribution < -0.4 is 9.47 Å². The number of nitrogens with zero attached hydrogens (tertiary/aromatic N) is 2. The number of rotatable bonds is 4. The molecule has 1 amide bonds. The van der Waals surface area contributed by atoms with Crippen LogP contribution in [-0.2, 0) is 4.79 Å². The number of ether oxygens (including phenoxy) is 2. The highest BCUT2D eigenvalue weighted by Gasteiger charge is 2.24. The topological polar surface area (TPSA) is 42.0 Å². The number of benzene rings is 1. The minimum Gasteiger partial charge on any atom is -0.486 e. The van der Waals surface area contributed by atoms with Gasteiger partial charge in [0.05, 0.1) is 13.1 Å². The van der Waals surface area contributed by atoms with E-state index in [1.165, 1.54) is 0 Å². The maximum absolute atomic E-state index is 12.3. The van der Waals surface area contributed by atoms with Crippen molar-refractivity contribution >= 4 is 17.7 Å². The van der Waals surface area contributed by atoms with E-state index in [-0.39, 0.29) is 12.0 Å². The molecule has 3 rings (SSSR count). The van der Waals surface area contributed by atoms with Crippen LogP contribution in [0.5, 0.6) is 11.5 Å². The molecule has 0 aliphatic carbocycles. The Hall–Kier alpha value is -1.40. The first-order chi connectivity index (χ1) is 10.7. The highest BCUT2D eigenvalue weighted by molar-refractivity contribution is 7.99. The molecule has 1 aromatic carbocycles. The van der Waals surface area contributed by atoms with E-state index >= 15 is 0 Å². The fourth-order valence-electron chi connectivity index (χ4n) is 2.63. The summed E-state index contributed by atoms with van der Waals surface area (Å²) in [4.78, 5) is 16.3. The van der Waals surface area contributed by atoms with Crippen molar-refractivity contribution in [3.8, 4) is 11.5 Å². The van der Waals surface area contributed by atoms with Gasteiger partial charge < -0.3 is 14.4 Å². The molecule has 0 aromatic heterocycles. The number of hydrogen-bond acceptors (Lipinski definition) is 5. The number of likely N-dealkylation sites (N-methyl/N-ethyl adjacent to an activating group) is 1. The zero-order valence-corrected chi connectivity index (χ0v) is 13.7. The Morgan fingerprint density at radius 1 is 1.32 bits per heavy atom. The number of para-hydroxylation sites is 2. The molecule has 1 fully saturated rings. The summed E-state index contributed by atoms with van der Waals surface area (Å²) >= 11 is 1.95. The predicted molar refractivity (Wildman–Crippen MR) is 87.8 cm³/mol. The molecule has 2 aliphatic heterocycles. The average Bonchev–Trinajstić information content (AvgIpc) is 2.55. The van der Waals surface area contributed by atoms with E-state index < -0.39 is 0 Å². The third-order valence-electron chi connectivity index (χ3n) is 3.93. The van der Waals surface area contributed by atoms with Gasteiger partial charge >= 0.3 is 0 Å². The fraction of sp³-hybridized carbons (Fsp3) is 0.562. The van der Waals surface area contributed by atoms with Crippen LogP contribution in [0.1, 0.15) is 0 Å². The van der Waals surface area contributed by atoms with E-state index in [4.69, 9.17) is 9.47 Å². The van der Waals surface area contributed by atoms with Crippen molar-refractivity contribution in [2.75, 3.05) is 51.3 Å². The smallest absolute Gasteiger partial charge is 0.236 e. The van der Waals surface area contributed by atoms with E-state index in [9.17, 15) is 4.79 Å². The second-order valence-electron chi connectivity index (χ2n) is 5.66. The summed E-state index contributed by atoms with van der Waals surface area (Å²) in [6.45, 7) is 3.54. The van der Waals surface area contributed by atoms with Gasteiger partial charge in [0.25, 0.3) is 0 Å². The van der Waals surface area contributed by atoms with E-state index in [0.717, 1.165) is 36.1 Å². The van der Waals surface area contributed by atoms with Crippen molar-refractivity contribution in [2.24, 2.45) is 0 Å². The molecule has 2 heterocycles. The maximum atomic E-state index is 12.3. The molecule has 0 N–H and O–H groups in total. The number of carbonyl (C=O) groups excluding carboxylic acids is 1. The van der Waals surface area contributed by atoms with Crippen LogP contribution in [0.4, 0.5) is 0 Å². The summed E-state index contributed by atoms with van der Waals surface area (Å²) in [6.07, 6.45) is -0.110. The summed E-state index contributed by atoms with van der Waals surface area (Å²) in [5, 5.41) is 0. The largest absolute Gasteiger partial charge is 0.486 e. The normalized spacial score (nSPS) is 21.4. The van der Waals surface area contributed by atoms with Gasteiger partial charge in [-0.05, 0) is 12.1 Å². The lowest BCUT2D eigenvalue weighted by molar-refractivity contribution is -0.132. The Bertz CT molecular complexity index is 520. The van der Waals surface area contributed by atoms with Crippen LogP contribution in [0.25, 0.3) is 0 Å². The quantitative estimate of drug-likeness (QED) is 0.837. The van der Waals surface area contributed by atoms with Crippen LogP contribution >= 0.6 is 11.8 Å². The monoisotopic (exact) mass is 322 g/mol. The van der Waals surface area contributed by atoms with Gasteiger partial charge in [-0.3, -0.25) is 9.69 Å². The summed E-state index contributed by atoms with van der Waals surface area (Å²) < 4.78 is 11.6. The molecule has 1 aromatic rings. The second kappa shape index (κ2) is 7.24. The zero-order chi connectivity index (χ0) is 15.4. The van der Waals surface area contributed by atoms with Crippen LogP contribution in [-0.4, -0.2) is 73.2 Å². The van der Waals surface area contributed by atoms with Crippen molar-refractivity contribution in [3.63, 3.8) is 0 Å². The lowest BCUT2D eigenvalue weighted by Gasteiger charge is -2.31. The summed E-state index contributed by atoms with van der Waals surface area (Å²) in [5.74, 6) is 3.92. The summed E-state index contributed by atoms with van der Waals surface area (Å²) in [5.41, 5.74) is 0. The molecular weight excluding hydrogens is 300 g/mol. The maximum Gasteiger partial charge on any atom is 0.236 e. The third-order valence-corrected chi connectivity index (χ3v) is 4.88. The average molecular weight is 322 g/mol. The Labute approximate surface area is 135 Å². The minimum absolute atomic E-state index is 0.110. The number of amides is 1. The van der Waals surface area contributed by atoms with Crippen molar-refractivity contribution in [1.29, 1.82) is 0 Å². The van der Waals surface area contributed by atoms with Crippen LogP contribution in [0.15, 0.2) is 24.3 Å². The van der Waals surface area contributed by atoms with Crippen molar-refractivity contribution < 1.29 is 14.3 Å². The number of fused-ring (bicyclic) bond motifs is 1. The third kappa shape index (κ3) is 3.87. The van der Waals surface area contributed by atoms with E-state index in [0.29, 0.717) is 19.7 Å². The van der Waals surface area contributed by atoms with Crippen molar-refractivity contribution in [1.82, 2.24) is 9.80 Å².